The first kappa shape index (κ1) is 21.9. The van der Waals surface area contributed by atoms with Crippen LogP contribution in [0.15, 0.2) is 41.4 Å². The largest absolute Gasteiger partial charge is 0.379 e. The van der Waals surface area contributed by atoms with E-state index in [2.05, 4.69) is 52.0 Å². The van der Waals surface area contributed by atoms with Gasteiger partial charge < -0.3 is 20.1 Å². The maximum Gasteiger partial charge on any atom is 0.191 e. The predicted molar refractivity (Wildman–Crippen MR) is 114 cm³/mol. The molecule has 1 aliphatic carbocycles. The lowest BCUT2D eigenvalue weighted by molar-refractivity contribution is 0.0453. The third-order valence-electron chi connectivity index (χ3n) is 3.87. The molecule has 0 amide bonds. The lowest BCUT2D eigenvalue weighted by atomic mass is 10.1. The molecule has 0 heterocycles. The van der Waals surface area contributed by atoms with Crippen molar-refractivity contribution in [2.45, 2.75) is 39.0 Å². The van der Waals surface area contributed by atoms with E-state index in [-0.39, 0.29) is 24.0 Å². The highest BCUT2D eigenvalue weighted by Crippen LogP contribution is 2.09. The summed E-state index contributed by atoms with van der Waals surface area (Å²) < 4.78 is 10.9. The van der Waals surface area contributed by atoms with Crippen LogP contribution < -0.4 is 10.6 Å². The van der Waals surface area contributed by atoms with Crippen LogP contribution in [0.4, 0.5) is 0 Å². The molecule has 1 aromatic rings. The molecule has 0 atom stereocenters. The summed E-state index contributed by atoms with van der Waals surface area (Å²) in [7, 11) is 1.81. The van der Waals surface area contributed by atoms with Crippen molar-refractivity contribution in [3.63, 3.8) is 0 Å². The fourth-order valence-electron chi connectivity index (χ4n) is 2.59. The third-order valence-corrected chi connectivity index (χ3v) is 3.87. The molecule has 5 nitrogen and oxygen atoms in total. The van der Waals surface area contributed by atoms with Crippen LogP contribution in [0.3, 0.4) is 0 Å². The maximum absolute atomic E-state index is 5.62. The van der Waals surface area contributed by atoms with Crippen molar-refractivity contribution in [2.24, 2.45) is 4.99 Å². The van der Waals surface area contributed by atoms with E-state index >= 15 is 0 Å². The normalized spacial score (nSPS) is 14.4. The Morgan fingerprint density at radius 2 is 1.88 bits per heavy atom. The average molecular weight is 459 g/mol. The summed E-state index contributed by atoms with van der Waals surface area (Å²) in [4.78, 5) is 4.30. The Morgan fingerprint density at radius 1 is 1.16 bits per heavy atom. The number of aliphatic imine (C=N–C) groups is 1. The van der Waals surface area contributed by atoms with E-state index in [1.54, 1.807) is 7.05 Å². The van der Waals surface area contributed by atoms with E-state index in [1.165, 1.54) is 11.1 Å². The third kappa shape index (κ3) is 8.69. The van der Waals surface area contributed by atoms with Crippen molar-refractivity contribution in [1.82, 2.24) is 10.6 Å². The number of halogens is 1. The Bertz CT molecular complexity index is 541. The summed E-state index contributed by atoms with van der Waals surface area (Å²) in [5.41, 5.74) is 2.39. The molecular formula is C19H30IN3O2. The van der Waals surface area contributed by atoms with Crippen molar-refractivity contribution in [3.8, 4) is 0 Å². The summed E-state index contributed by atoms with van der Waals surface area (Å²) in [5, 5.41) is 6.82. The lowest BCUT2D eigenvalue weighted by Crippen LogP contribution is -2.42. The molecule has 0 aliphatic heterocycles. The molecular weight excluding hydrogens is 429 g/mol. The van der Waals surface area contributed by atoms with Gasteiger partial charge in [0.2, 0.25) is 0 Å². The number of ether oxygens (including phenoxy) is 2. The second-order valence-electron chi connectivity index (χ2n) is 5.78. The van der Waals surface area contributed by atoms with E-state index < -0.39 is 0 Å². The van der Waals surface area contributed by atoms with Crippen molar-refractivity contribution in [2.75, 3.05) is 26.9 Å². The van der Waals surface area contributed by atoms with Gasteiger partial charge in [0.05, 0.1) is 19.8 Å². The molecule has 0 bridgehead atoms. The first-order valence-corrected chi connectivity index (χ1v) is 8.67. The Hall–Kier alpha value is -1.12. The van der Waals surface area contributed by atoms with Crippen LogP contribution in [0.2, 0.25) is 0 Å². The van der Waals surface area contributed by atoms with Gasteiger partial charge in [-0.2, -0.15) is 0 Å². The first-order valence-electron chi connectivity index (χ1n) is 8.67. The molecule has 0 unspecified atom stereocenters. The fraction of sp³-hybridized carbons (Fsp3) is 0.526. The zero-order valence-corrected chi connectivity index (χ0v) is 17.5. The average Bonchev–Trinajstić information content (AvgIpc) is 3.12. The quantitative estimate of drug-likeness (QED) is 0.196. The zero-order chi connectivity index (χ0) is 17.0. The molecule has 0 spiro atoms. The highest BCUT2D eigenvalue weighted by Gasteiger charge is 2.11. The smallest absolute Gasteiger partial charge is 0.191 e. The van der Waals surface area contributed by atoms with Crippen molar-refractivity contribution in [1.29, 1.82) is 0 Å². The molecule has 0 fully saturated rings. The fourth-order valence-corrected chi connectivity index (χ4v) is 2.59. The molecule has 0 saturated heterocycles. The van der Waals surface area contributed by atoms with Crippen molar-refractivity contribution in [3.05, 3.63) is 47.5 Å². The topological polar surface area (TPSA) is 54.9 Å². The van der Waals surface area contributed by atoms with Crippen LogP contribution in [-0.2, 0) is 22.6 Å². The molecule has 1 aromatic carbocycles. The maximum atomic E-state index is 5.62. The van der Waals surface area contributed by atoms with Gasteiger partial charge in [-0.05, 0) is 30.9 Å². The van der Waals surface area contributed by atoms with E-state index in [1.807, 2.05) is 6.92 Å². The number of benzene rings is 1. The van der Waals surface area contributed by atoms with Crippen molar-refractivity contribution >= 4 is 29.9 Å². The second kappa shape index (κ2) is 13.1. The monoisotopic (exact) mass is 459 g/mol. The number of nitrogens with one attached hydrogen (secondary N) is 2. The molecule has 0 radical (unpaired) electrons. The van der Waals surface area contributed by atoms with Gasteiger partial charge in [-0.25, -0.2) is 0 Å². The first-order chi connectivity index (χ1) is 11.8. The van der Waals surface area contributed by atoms with Gasteiger partial charge in [-0.1, -0.05) is 36.4 Å². The van der Waals surface area contributed by atoms with Gasteiger partial charge >= 0.3 is 0 Å². The number of rotatable bonds is 9. The van der Waals surface area contributed by atoms with Crippen LogP contribution in [0.1, 0.15) is 30.9 Å². The Labute approximate surface area is 168 Å². The molecule has 0 aromatic heterocycles. The molecule has 2 rings (SSSR count). The van der Waals surface area contributed by atoms with Gasteiger partial charge in [0, 0.05) is 26.2 Å². The number of hydrogen-bond acceptors (Lipinski definition) is 3. The van der Waals surface area contributed by atoms with Gasteiger partial charge in [-0.3, -0.25) is 4.99 Å². The van der Waals surface area contributed by atoms with Crippen LogP contribution >= 0.6 is 24.0 Å². The molecule has 6 heteroatoms. The van der Waals surface area contributed by atoms with Gasteiger partial charge in [0.25, 0.3) is 0 Å². The Balaban J connectivity index is 0.00000312. The number of nitrogens with zero attached hydrogens (tertiary/aromatic N) is 1. The van der Waals surface area contributed by atoms with Crippen molar-refractivity contribution < 1.29 is 9.47 Å². The summed E-state index contributed by atoms with van der Waals surface area (Å²) in [6.07, 6.45) is 6.55. The number of guanidine groups is 1. The van der Waals surface area contributed by atoms with Gasteiger partial charge in [0.1, 0.15) is 0 Å². The summed E-state index contributed by atoms with van der Waals surface area (Å²) in [5.74, 6) is 0.849. The molecule has 25 heavy (non-hydrogen) atoms. The summed E-state index contributed by atoms with van der Waals surface area (Å²) >= 11 is 0. The SMILES string of the molecule is CCOCCOCc1cccc(CNC(=NC)NC2CC=CC2)c1.I. The predicted octanol–water partition coefficient (Wildman–Crippen LogP) is 3.24. The minimum absolute atomic E-state index is 0. The zero-order valence-electron chi connectivity index (χ0n) is 15.2. The van der Waals surface area contributed by atoms with Crippen LogP contribution in [0.25, 0.3) is 0 Å². The lowest BCUT2D eigenvalue weighted by Gasteiger charge is -2.17. The highest BCUT2D eigenvalue weighted by atomic mass is 127. The van der Waals surface area contributed by atoms with E-state index in [9.17, 15) is 0 Å². The second-order valence-corrected chi connectivity index (χ2v) is 5.78. The standard InChI is InChI=1S/C19H29N3O2.HI/c1-3-23-11-12-24-15-17-8-6-7-16(13-17)14-21-19(20-2)22-18-9-4-5-10-18;/h4-8,13,18H,3,9-12,14-15H2,1-2H3,(H2,20,21,22);1H. The molecule has 0 saturated carbocycles. The minimum atomic E-state index is 0. The van der Waals surface area contributed by atoms with Crippen LogP contribution in [0.5, 0.6) is 0 Å². The van der Waals surface area contributed by atoms with Crippen LogP contribution in [-0.4, -0.2) is 38.9 Å². The van der Waals surface area contributed by atoms with Gasteiger partial charge in [-0.15, -0.1) is 24.0 Å². The molecule has 1 aliphatic rings. The van der Waals surface area contributed by atoms with Crippen LogP contribution in [0, 0.1) is 0 Å². The Morgan fingerprint density at radius 3 is 2.60 bits per heavy atom. The summed E-state index contributed by atoms with van der Waals surface area (Å²) in [6, 6.07) is 8.89. The summed E-state index contributed by atoms with van der Waals surface area (Å²) in [6.45, 7) is 5.35. The van der Waals surface area contributed by atoms with E-state index in [0.29, 0.717) is 25.9 Å². The van der Waals surface area contributed by atoms with Gasteiger partial charge in [0.15, 0.2) is 5.96 Å². The van der Waals surface area contributed by atoms with E-state index in [4.69, 9.17) is 9.47 Å². The minimum Gasteiger partial charge on any atom is -0.379 e. The highest BCUT2D eigenvalue weighted by molar-refractivity contribution is 14.0. The molecule has 2 N–H and O–H groups in total. The molecule has 140 valence electrons. The Kier molecular flexibility index (Phi) is 11.5. The van der Waals surface area contributed by atoms with E-state index in [0.717, 1.165) is 32.0 Å². The number of hydrogen-bond donors (Lipinski definition) is 2.